The summed E-state index contributed by atoms with van der Waals surface area (Å²) in [4.78, 5) is 2.72. The molecule has 2 aromatic carbocycles. The first-order valence-corrected chi connectivity index (χ1v) is 31.1. The highest BCUT2D eigenvalue weighted by Gasteiger charge is 2.20. The zero-order valence-corrected chi connectivity index (χ0v) is 46.8. The molecule has 0 amide bonds. The standard InChI is InChI=1S/C67H111N2O/c1-5-9-13-17-21-25-29-33-37-44-54-68(55-45-38-34-30-26-22-18-14-10-6-2)61-50-52-63-65(58-61)70-66-59-62(51-53-64(66)67(63)60-48-42-41-43-49-60)69(56-46-39-35-31-27-23-19-15-11-7-3)57-47-40-36-32-28-24-20-16-12-8-4/h41-43,48-53,58-59H,5-40,44-47,54-57H2,1-4H3/q+1. The lowest BCUT2D eigenvalue weighted by molar-refractivity contribution is 0.483. The largest absolute Gasteiger partial charge is 0.456 e. The van der Waals surface area contributed by atoms with Gasteiger partial charge in [-0.05, 0) is 49.4 Å². The summed E-state index contributed by atoms with van der Waals surface area (Å²) in [5, 5.41) is 2.56. The van der Waals surface area contributed by atoms with Crippen LogP contribution in [0.2, 0.25) is 0 Å². The fourth-order valence-electron chi connectivity index (χ4n) is 11.1. The molecule has 0 saturated heterocycles. The van der Waals surface area contributed by atoms with Crippen molar-refractivity contribution in [3.63, 3.8) is 0 Å². The van der Waals surface area contributed by atoms with Crippen LogP contribution in [-0.2, 0) is 0 Å². The van der Waals surface area contributed by atoms with Crippen LogP contribution < -0.4 is 14.8 Å². The number of fused-ring (bicyclic) bond motifs is 2. The molecular formula is C67H111N2O+. The molecular weight excluding hydrogens is 849 g/mol. The summed E-state index contributed by atoms with van der Waals surface area (Å²) in [6, 6.07) is 25.5. The second kappa shape index (κ2) is 40.4. The average molecular weight is 961 g/mol. The predicted octanol–water partition coefficient (Wildman–Crippen LogP) is 21.5. The van der Waals surface area contributed by atoms with Gasteiger partial charge in [-0.1, -0.05) is 276 Å². The lowest BCUT2D eigenvalue weighted by atomic mass is 9.93. The van der Waals surface area contributed by atoms with Crippen LogP contribution in [0.15, 0.2) is 71.1 Å². The minimum absolute atomic E-state index is 1.02. The average Bonchev–Trinajstić information content (AvgIpc) is 3.38. The highest BCUT2D eigenvalue weighted by molar-refractivity contribution is 6.02. The Morgan fingerprint density at radius 2 is 0.757 bits per heavy atom. The molecule has 0 bridgehead atoms. The Labute approximate surface area is 433 Å². The van der Waals surface area contributed by atoms with Crippen LogP contribution in [0.1, 0.15) is 285 Å². The van der Waals surface area contributed by atoms with Gasteiger partial charge in [-0.3, -0.25) is 0 Å². The van der Waals surface area contributed by atoms with Gasteiger partial charge in [-0.15, -0.1) is 0 Å². The van der Waals surface area contributed by atoms with Crippen molar-refractivity contribution in [3.05, 3.63) is 72.1 Å². The fraction of sp³-hybridized carbons (Fsp3) is 0.716. The van der Waals surface area contributed by atoms with Gasteiger partial charge in [0.05, 0.1) is 6.07 Å². The molecule has 0 unspecified atom stereocenters. The summed E-state index contributed by atoms with van der Waals surface area (Å²) in [5.74, 6) is 1.02. The molecule has 0 atom stereocenters. The maximum absolute atomic E-state index is 7.16. The smallest absolute Gasteiger partial charge is 0.203 e. The van der Waals surface area contributed by atoms with Gasteiger partial charge in [-0.25, -0.2) is 4.58 Å². The van der Waals surface area contributed by atoms with Gasteiger partial charge in [0.25, 0.3) is 0 Å². The van der Waals surface area contributed by atoms with Crippen LogP contribution in [0.4, 0.5) is 5.69 Å². The van der Waals surface area contributed by atoms with Crippen molar-refractivity contribution in [2.45, 2.75) is 285 Å². The van der Waals surface area contributed by atoms with E-state index in [4.69, 9.17) is 4.42 Å². The summed E-state index contributed by atoms with van der Waals surface area (Å²) >= 11 is 0. The van der Waals surface area contributed by atoms with Gasteiger partial charge in [0.15, 0.2) is 0 Å². The molecule has 0 N–H and O–H groups in total. The van der Waals surface area contributed by atoms with E-state index in [0.717, 1.165) is 37.5 Å². The van der Waals surface area contributed by atoms with Crippen LogP contribution in [0.3, 0.4) is 0 Å². The van der Waals surface area contributed by atoms with E-state index in [-0.39, 0.29) is 0 Å². The zero-order chi connectivity index (χ0) is 49.4. The minimum Gasteiger partial charge on any atom is -0.456 e. The maximum Gasteiger partial charge on any atom is 0.203 e. The Bertz CT molecular complexity index is 1810. The Morgan fingerprint density at radius 1 is 0.371 bits per heavy atom. The third-order valence-electron chi connectivity index (χ3n) is 15.6. The first kappa shape index (κ1) is 59.5. The van der Waals surface area contributed by atoms with Crippen LogP contribution in [0.25, 0.3) is 33.4 Å². The van der Waals surface area contributed by atoms with E-state index in [9.17, 15) is 0 Å². The molecule has 1 aliphatic carbocycles. The van der Waals surface area contributed by atoms with Crippen molar-refractivity contribution < 1.29 is 4.42 Å². The molecule has 0 spiro atoms. The number of nitrogens with zero attached hydrogens (tertiary/aromatic N) is 2. The summed E-state index contributed by atoms with van der Waals surface area (Å²) in [6.07, 6.45) is 55.2. The van der Waals surface area contributed by atoms with Gasteiger partial charge in [0, 0.05) is 60.3 Å². The number of unbranched alkanes of at least 4 members (excludes halogenated alkanes) is 36. The van der Waals surface area contributed by atoms with Crippen LogP contribution >= 0.6 is 0 Å². The molecule has 0 saturated carbocycles. The first-order valence-electron chi connectivity index (χ1n) is 31.1. The normalized spacial score (nSPS) is 11.7. The first-order chi connectivity index (χ1) is 34.7. The molecule has 0 aromatic heterocycles. The maximum atomic E-state index is 7.16. The predicted molar refractivity (Wildman–Crippen MR) is 313 cm³/mol. The Kier molecular flexibility index (Phi) is 34.3. The van der Waals surface area contributed by atoms with Crippen LogP contribution in [0.5, 0.6) is 0 Å². The second-order valence-electron chi connectivity index (χ2n) is 21.9. The van der Waals surface area contributed by atoms with E-state index >= 15 is 0 Å². The van der Waals surface area contributed by atoms with E-state index in [0.29, 0.717) is 0 Å². The molecule has 394 valence electrons. The number of hydrogen-bond acceptors (Lipinski definition) is 2. The molecule has 3 heteroatoms. The lowest BCUT2D eigenvalue weighted by Gasteiger charge is -2.26. The van der Waals surface area contributed by atoms with E-state index in [1.54, 1.807) is 0 Å². The second-order valence-corrected chi connectivity index (χ2v) is 21.9. The molecule has 2 aromatic rings. The summed E-state index contributed by atoms with van der Waals surface area (Å²) in [7, 11) is 0. The Morgan fingerprint density at radius 3 is 1.17 bits per heavy atom. The monoisotopic (exact) mass is 960 g/mol. The van der Waals surface area contributed by atoms with Crippen LogP contribution in [-0.4, -0.2) is 26.2 Å². The molecule has 0 radical (unpaired) electrons. The summed E-state index contributed by atoms with van der Waals surface area (Å²) in [5.41, 5.74) is 6.16. The summed E-state index contributed by atoms with van der Waals surface area (Å²) < 4.78 is 9.87. The topological polar surface area (TPSA) is 19.4 Å². The van der Waals surface area contributed by atoms with Crippen molar-refractivity contribution in [1.29, 1.82) is 0 Å². The Hall–Kier alpha value is -3.07. The highest BCUT2D eigenvalue weighted by atomic mass is 16.3. The third kappa shape index (κ3) is 25.0. The molecule has 1 aliphatic heterocycles. The molecule has 1 heterocycles. The van der Waals surface area contributed by atoms with E-state index in [1.165, 1.54) is 290 Å². The van der Waals surface area contributed by atoms with Gasteiger partial charge < -0.3 is 9.32 Å². The number of anilines is 1. The zero-order valence-electron chi connectivity index (χ0n) is 46.8. The van der Waals surface area contributed by atoms with Crippen molar-refractivity contribution >= 4 is 16.7 Å². The molecule has 4 rings (SSSR count). The molecule has 3 nitrogen and oxygen atoms in total. The quantitative estimate of drug-likeness (QED) is 0.0250. The SMILES string of the molecule is CCCCCCCCCCCCN(CCCCCCCCCCCC)c1ccc2c(-c3ccccc3)c3ccc(=[N+](CCCCCCCCCCCC)CCCCCCCCCCCC)cc-3oc2c1. The van der Waals surface area contributed by atoms with Gasteiger partial charge in [0.2, 0.25) is 5.36 Å². The third-order valence-corrected chi connectivity index (χ3v) is 15.6. The van der Waals surface area contributed by atoms with Crippen molar-refractivity contribution in [2.75, 3.05) is 31.1 Å². The number of rotatable bonds is 46. The summed E-state index contributed by atoms with van der Waals surface area (Å²) in [6.45, 7) is 13.8. The van der Waals surface area contributed by atoms with E-state index in [2.05, 4.69) is 104 Å². The fourth-order valence-corrected chi connectivity index (χ4v) is 11.1. The highest BCUT2D eigenvalue weighted by Crippen LogP contribution is 2.41. The van der Waals surface area contributed by atoms with Gasteiger partial charge in [0.1, 0.15) is 24.4 Å². The number of hydrogen-bond donors (Lipinski definition) is 0. The van der Waals surface area contributed by atoms with Crippen molar-refractivity contribution in [3.8, 4) is 22.5 Å². The molecule has 2 aliphatic rings. The van der Waals surface area contributed by atoms with Crippen molar-refractivity contribution in [1.82, 2.24) is 4.58 Å². The van der Waals surface area contributed by atoms with E-state index < -0.39 is 0 Å². The van der Waals surface area contributed by atoms with Crippen molar-refractivity contribution in [2.24, 2.45) is 0 Å². The van der Waals surface area contributed by atoms with Crippen LogP contribution in [0, 0.1) is 0 Å². The lowest BCUT2D eigenvalue weighted by Crippen LogP contribution is -2.32. The van der Waals surface area contributed by atoms with Gasteiger partial charge >= 0.3 is 0 Å². The minimum atomic E-state index is 1.02. The Balaban J connectivity index is 1.56. The van der Waals surface area contributed by atoms with Gasteiger partial charge in [-0.2, -0.15) is 0 Å². The number of benzene rings is 3. The molecule has 70 heavy (non-hydrogen) atoms. The molecule has 0 fully saturated rings. The van der Waals surface area contributed by atoms with E-state index in [1.807, 2.05) is 0 Å².